The van der Waals surface area contributed by atoms with Crippen LogP contribution in [0.3, 0.4) is 0 Å². The summed E-state index contributed by atoms with van der Waals surface area (Å²) >= 11 is 0. The van der Waals surface area contributed by atoms with Crippen LogP contribution in [0.25, 0.3) is 0 Å². The number of nitro groups is 1. The summed E-state index contributed by atoms with van der Waals surface area (Å²) in [5.41, 5.74) is -0.165. The molecule has 1 heterocycles. The molecule has 8 nitrogen and oxygen atoms in total. The van der Waals surface area contributed by atoms with Crippen LogP contribution in [0.2, 0.25) is 0 Å². The number of nitrogens with zero attached hydrogens (tertiary/aromatic N) is 2. The summed E-state index contributed by atoms with van der Waals surface area (Å²) in [6, 6.07) is 0.00493. The Morgan fingerprint density at radius 3 is 2.75 bits per heavy atom. The number of amides is 1. The Hall–Kier alpha value is -2.64. The van der Waals surface area contributed by atoms with Gasteiger partial charge in [-0.1, -0.05) is 6.08 Å². The lowest BCUT2D eigenvalue weighted by molar-refractivity contribution is -0.384. The zero-order valence-electron chi connectivity index (χ0n) is 10.9. The van der Waals surface area contributed by atoms with Crippen LogP contribution in [0, 0.1) is 10.1 Å². The van der Waals surface area contributed by atoms with Crippen LogP contribution >= 0.6 is 0 Å². The predicted molar refractivity (Wildman–Crippen MR) is 70.5 cm³/mol. The molecule has 0 aromatic carbocycles. The summed E-state index contributed by atoms with van der Waals surface area (Å²) in [7, 11) is 0. The highest BCUT2D eigenvalue weighted by molar-refractivity contribution is 5.96. The van der Waals surface area contributed by atoms with Gasteiger partial charge in [0, 0.05) is 12.6 Å². The van der Waals surface area contributed by atoms with Gasteiger partial charge in [-0.2, -0.15) is 0 Å². The molecule has 0 saturated carbocycles. The molecule has 1 aromatic heterocycles. The summed E-state index contributed by atoms with van der Waals surface area (Å²) in [5, 5.41) is 21.9. The number of aliphatic carboxylic acids is 1. The topological polar surface area (TPSA) is 114 Å². The van der Waals surface area contributed by atoms with Crippen molar-refractivity contribution in [3.05, 3.63) is 40.7 Å². The Morgan fingerprint density at radius 1 is 1.65 bits per heavy atom. The summed E-state index contributed by atoms with van der Waals surface area (Å²) < 4.78 is 1.39. The van der Waals surface area contributed by atoms with Gasteiger partial charge in [-0.3, -0.25) is 14.9 Å². The molecule has 0 aliphatic heterocycles. The largest absolute Gasteiger partial charge is 0.480 e. The molecule has 1 unspecified atom stereocenters. The Labute approximate surface area is 114 Å². The van der Waals surface area contributed by atoms with Crippen molar-refractivity contribution < 1.29 is 19.6 Å². The number of aryl methyl sites for hydroxylation is 1. The first-order chi connectivity index (χ1) is 9.40. The first kappa shape index (κ1) is 15.4. The zero-order chi connectivity index (χ0) is 15.3. The second-order valence-corrected chi connectivity index (χ2v) is 4.02. The van der Waals surface area contributed by atoms with Crippen molar-refractivity contribution in [2.45, 2.75) is 25.9 Å². The molecule has 0 saturated heterocycles. The summed E-state index contributed by atoms with van der Waals surface area (Å²) in [6.07, 6.45) is 2.68. The molecule has 1 rings (SSSR count). The average molecular weight is 281 g/mol. The van der Waals surface area contributed by atoms with Crippen molar-refractivity contribution in [2.24, 2.45) is 0 Å². The lowest BCUT2D eigenvalue weighted by Gasteiger charge is -2.13. The van der Waals surface area contributed by atoms with Crippen molar-refractivity contribution in [3.63, 3.8) is 0 Å². The predicted octanol–water partition coefficient (Wildman–Crippen LogP) is 1.18. The molecule has 0 aliphatic rings. The normalized spacial score (nSPS) is 11.7. The fraction of sp³-hybridized carbons (Fsp3) is 0.333. The van der Waals surface area contributed by atoms with Crippen LogP contribution in [0.15, 0.2) is 24.9 Å². The summed E-state index contributed by atoms with van der Waals surface area (Å²) in [6.45, 7) is 5.49. The van der Waals surface area contributed by atoms with E-state index in [-0.39, 0.29) is 17.8 Å². The minimum absolute atomic E-state index is 0.0505. The van der Waals surface area contributed by atoms with E-state index in [0.717, 1.165) is 6.07 Å². The van der Waals surface area contributed by atoms with Crippen LogP contribution in [0.1, 0.15) is 23.8 Å². The number of aromatic nitrogens is 1. The maximum atomic E-state index is 12.0. The number of hydrogen-bond donors (Lipinski definition) is 2. The van der Waals surface area contributed by atoms with Gasteiger partial charge < -0.3 is 15.0 Å². The van der Waals surface area contributed by atoms with Gasteiger partial charge in [0.05, 0.1) is 11.1 Å². The van der Waals surface area contributed by atoms with Gasteiger partial charge in [-0.05, 0) is 13.3 Å². The molecule has 0 spiro atoms. The first-order valence-electron chi connectivity index (χ1n) is 5.89. The molecular weight excluding hydrogens is 266 g/mol. The van der Waals surface area contributed by atoms with E-state index in [1.165, 1.54) is 16.8 Å². The Bertz CT molecular complexity index is 549. The SMILES string of the molecule is C=CCC(NC(=O)c1cc([N+](=O)[O-])cn1CC)C(=O)O. The molecule has 8 heteroatoms. The lowest BCUT2D eigenvalue weighted by atomic mass is 10.2. The van der Waals surface area contributed by atoms with Crippen LogP contribution in [-0.2, 0) is 11.3 Å². The quantitative estimate of drug-likeness (QED) is 0.442. The van der Waals surface area contributed by atoms with Crippen molar-refractivity contribution in [1.82, 2.24) is 9.88 Å². The van der Waals surface area contributed by atoms with Crippen LogP contribution in [-0.4, -0.2) is 32.5 Å². The van der Waals surface area contributed by atoms with Crippen LogP contribution in [0.4, 0.5) is 5.69 Å². The first-order valence-corrected chi connectivity index (χ1v) is 5.89. The minimum Gasteiger partial charge on any atom is -0.480 e. The van der Waals surface area contributed by atoms with Gasteiger partial charge >= 0.3 is 5.97 Å². The highest BCUT2D eigenvalue weighted by Crippen LogP contribution is 2.16. The minimum atomic E-state index is -1.19. The fourth-order valence-corrected chi connectivity index (χ4v) is 1.67. The molecule has 1 amide bonds. The molecule has 0 fully saturated rings. The second-order valence-electron chi connectivity index (χ2n) is 4.02. The number of carbonyl (C=O) groups excluding carboxylic acids is 1. The molecule has 1 atom stereocenters. The molecule has 20 heavy (non-hydrogen) atoms. The average Bonchev–Trinajstić information content (AvgIpc) is 2.82. The Balaban J connectivity index is 2.98. The van der Waals surface area contributed by atoms with Crippen molar-refractivity contribution in [3.8, 4) is 0 Å². The highest BCUT2D eigenvalue weighted by atomic mass is 16.6. The zero-order valence-corrected chi connectivity index (χ0v) is 10.9. The standard InChI is InChI=1S/C12H15N3O5/c1-3-5-9(12(17)18)13-11(16)10-6-8(15(19)20)7-14(10)4-2/h3,6-7,9H,1,4-5H2,2H3,(H,13,16)(H,17,18). The molecule has 0 radical (unpaired) electrons. The molecule has 1 aromatic rings. The third-order valence-electron chi connectivity index (χ3n) is 2.67. The monoisotopic (exact) mass is 281 g/mol. The summed E-state index contributed by atoms with van der Waals surface area (Å²) in [5.74, 6) is -1.86. The number of carboxylic acids is 1. The number of carboxylic acid groups (broad SMARTS) is 1. The lowest BCUT2D eigenvalue weighted by Crippen LogP contribution is -2.41. The van der Waals surface area contributed by atoms with Gasteiger partial charge in [0.25, 0.3) is 11.6 Å². The van der Waals surface area contributed by atoms with E-state index in [0.29, 0.717) is 6.54 Å². The van der Waals surface area contributed by atoms with Crippen molar-refractivity contribution >= 4 is 17.6 Å². The van der Waals surface area contributed by atoms with Crippen molar-refractivity contribution in [2.75, 3.05) is 0 Å². The molecule has 2 N–H and O–H groups in total. The smallest absolute Gasteiger partial charge is 0.326 e. The van der Waals surface area contributed by atoms with Gasteiger partial charge in [0.2, 0.25) is 0 Å². The van der Waals surface area contributed by atoms with Gasteiger partial charge in [-0.25, -0.2) is 4.79 Å². The molecule has 0 bridgehead atoms. The van der Waals surface area contributed by atoms with Crippen molar-refractivity contribution in [1.29, 1.82) is 0 Å². The van der Waals surface area contributed by atoms with E-state index in [2.05, 4.69) is 11.9 Å². The molecular formula is C12H15N3O5. The fourth-order valence-electron chi connectivity index (χ4n) is 1.67. The number of hydrogen-bond acceptors (Lipinski definition) is 4. The van der Waals surface area contributed by atoms with Crippen LogP contribution < -0.4 is 5.32 Å². The van der Waals surface area contributed by atoms with Gasteiger partial charge in [0.1, 0.15) is 11.7 Å². The third-order valence-corrected chi connectivity index (χ3v) is 2.67. The Morgan fingerprint density at radius 2 is 2.30 bits per heavy atom. The van der Waals surface area contributed by atoms with E-state index in [4.69, 9.17) is 5.11 Å². The van der Waals surface area contributed by atoms with E-state index in [1.807, 2.05) is 0 Å². The number of rotatable bonds is 7. The second kappa shape index (κ2) is 6.50. The van der Waals surface area contributed by atoms with Gasteiger partial charge in [0.15, 0.2) is 0 Å². The summed E-state index contributed by atoms with van der Waals surface area (Å²) in [4.78, 5) is 33.0. The number of nitrogens with one attached hydrogen (secondary N) is 1. The third kappa shape index (κ3) is 3.44. The van der Waals surface area contributed by atoms with E-state index < -0.39 is 22.8 Å². The highest BCUT2D eigenvalue weighted by Gasteiger charge is 2.23. The number of carbonyl (C=O) groups is 2. The molecule has 108 valence electrons. The maximum absolute atomic E-state index is 12.0. The van der Waals surface area contributed by atoms with E-state index in [9.17, 15) is 19.7 Å². The van der Waals surface area contributed by atoms with E-state index in [1.54, 1.807) is 6.92 Å². The van der Waals surface area contributed by atoms with E-state index >= 15 is 0 Å². The van der Waals surface area contributed by atoms with Gasteiger partial charge in [-0.15, -0.1) is 6.58 Å². The maximum Gasteiger partial charge on any atom is 0.326 e. The van der Waals surface area contributed by atoms with Crippen LogP contribution in [0.5, 0.6) is 0 Å². The Kier molecular flexibility index (Phi) is 5.01. The molecule has 0 aliphatic carbocycles.